The van der Waals surface area contributed by atoms with Crippen molar-refractivity contribution < 1.29 is 39.9 Å². The van der Waals surface area contributed by atoms with E-state index in [-0.39, 0.29) is 23.3 Å². The van der Waals surface area contributed by atoms with E-state index in [4.69, 9.17) is 4.74 Å². The highest BCUT2D eigenvalue weighted by Crippen LogP contribution is 2.35. The number of alkyl halides is 6. The van der Waals surface area contributed by atoms with Crippen LogP contribution in [0.15, 0.2) is 188 Å². The summed E-state index contributed by atoms with van der Waals surface area (Å²) in [5.41, 5.74) is 3.52. The monoisotopic (exact) mass is 1530 g/mol. The van der Waals surface area contributed by atoms with E-state index in [0.29, 0.717) is 99.6 Å². The summed E-state index contributed by atoms with van der Waals surface area (Å²) in [6.45, 7) is 0. The Balaban J connectivity index is 0.000000111. The molecule has 5 fully saturated rings. The molecule has 0 unspecified atom stereocenters. The zero-order chi connectivity index (χ0) is 77.1. The highest BCUT2D eigenvalue weighted by Gasteiger charge is 2.32. The number of hydrogen-bond donors (Lipinski definition) is 11. The number of aromatic amines is 1. The zero-order valence-corrected chi connectivity index (χ0v) is 59.3. The smallest absolute Gasteiger partial charge is 0.416 e. The lowest BCUT2D eigenvalue weighted by Gasteiger charge is -2.09. The van der Waals surface area contributed by atoms with Gasteiger partial charge in [0.15, 0.2) is 22.6 Å². The van der Waals surface area contributed by atoms with Crippen molar-refractivity contribution in [2.75, 3.05) is 60.3 Å². The van der Waals surface area contributed by atoms with Gasteiger partial charge in [-0.2, -0.15) is 49.5 Å². The first-order chi connectivity index (χ1) is 54.4. The first-order valence-electron chi connectivity index (χ1n) is 35.6. The van der Waals surface area contributed by atoms with Crippen LogP contribution in [0.25, 0.3) is 22.6 Å². The van der Waals surface area contributed by atoms with Gasteiger partial charge in [-0.15, -0.1) is 71.4 Å². The minimum atomic E-state index is -4.40. The molecule has 5 aliphatic rings. The topological polar surface area (TPSA) is 356 Å². The van der Waals surface area contributed by atoms with E-state index in [0.717, 1.165) is 84.5 Å². The molecule has 31 nitrogen and oxygen atoms in total. The number of methoxy groups -OCH3 is 1. The highest BCUT2D eigenvalue weighted by molar-refractivity contribution is 5.63. The van der Waals surface area contributed by atoms with Crippen molar-refractivity contribution in [1.82, 2.24) is 99.6 Å². The number of ether oxygens (including phenoxy) is 1. The third-order valence-corrected chi connectivity index (χ3v) is 17.0. The molecule has 5 aromatic carbocycles. The predicted molar refractivity (Wildman–Crippen MR) is 403 cm³/mol. The van der Waals surface area contributed by atoms with Crippen LogP contribution in [-0.2, 0) is 12.4 Å². The Morgan fingerprint density at radius 2 is 0.768 bits per heavy atom. The molecule has 0 bridgehead atoms. The third kappa shape index (κ3) is 20.3. The zero-order valence-electron chi connectivity index (χ0n) is 59.3. The molecule has 39 heteroatoms. The summed E-state index contributed by atoms with van der Waals surface area (Å²) in [5, 5.41) is 96.4. The van der Waals surface area contributed by atoms with Crippen LogP contribution in [-0.4, -0.2) is 137 Å². The Morgan fingerprint density at radius 3 is 1.21 bits per heavy atom. The fourth-order valence-electron chi connectivity index (χ4n) is 10.5. The molecular weight excluding hydrogens is 1460 g/mol. The number of benzene rings is 5. The maximum Gasteiger partial charge on any atom is 0.416 e. The predicted octanol–water partition coefficient (Wildman–Crippen LogP) is 14.7. The lowest BCUT2D eigenvalue weighted by molar-refractivity contribution is -0.138. The molecule has 0 saturated heterocycles. The van der Waals surface area contributed by atoms with Crippen LogP contribution in [0.1, 0.15) is 75.3 Å². The van der Waals surface area contributed by atoms with Crippen LogP contribution in [0.5, 0.6) is 5.75 Å². The number of fused-ring (bicyclic) bond motifs is 4. The minimum absolute atomic E-state index is 0.253. The van der Waals surface area contributed by atoms with Gasteiger partial charge in [0.1, 0.15) is 46.5 Å². The fraction of sp³-hybridized carbons (Fsp3) is 0.247. The highest BCUT2D eigenvalue weighted by atomic mass is 19.4. The number of nitrogens with zero attached hydrogens (tertiary/aromatic N) is 19. The normalized spacial score (nSPS) is 14.3. The Hall–Kier alpha value is -13.9. The van der Waals surface area contributed by atoms with Gasteiger partial charge >= 0.3 is 12.4 Å². The molecular formula is C73H70F8N30O. The summed E-state index contributed by atoms with van der Waals surface area (Å²) in [6.07, 6.45) is 4.42. The van der Waals surface area contributed by atoms with Crippen LogP contribution >= 0.6 is 0 Å². The number of nitrogens with one attached hydrogen (secondary N) is 11. The molecule has 9 heterocycles. The molecule has 112 heavy (non-hydrogen) atoms. The molecule has 0 aliphatic heterocycles. The van der Waals surface area contributed by atoms with Crippen molar-refractivity contribution in [3.63, 3.8) is 0 Å². The summed E-state index contributed by atoms with van der Waals surface area (Å²) in [7, 11) is 1.63. The van der Waals surface area contributed by atoms with Crippen molar-refractivity contribution in [3.05, 3.63) is 211 Å². The fourth-order valence-corrected chi connectivity index (χ4v) is 10.5. The Labute approximate surface area is 630 Å². The molecule has 11 N–H and O–H groups in total. The molecule has 574 valence electrons. The molecule has 9 aromatic heterocycles. The maximum absolute atomic E-state index is 13.7. The van der Waals surface area contributed by atoms with Crippen molar-refractivity contribution in [3.8, 4) is 5.75 Å². The molecule has 5 aliphatic carbocycles. The van der Waals surface area contributed by atoms with Crippen molar-refractivity contribution in [2.45, 2.75) is 107 Å². The van der Waals surface area contributed by atoms with E-state index < -0.39 is 23.5 Å². The Kier molecular flexibility index (Phi) is 21.6. The van der Waals surface area contributed by atoms with E-state index in [1.807, 2.05) is 66.7 Å². The van der Waals surface area contributed by atoms with Crippen LogP contribution in [0.3, 0.4) is 0 Å². The summed E-state index contributed by atoms with van der Waals surface area (Å²) in [6, 6.07) is 50.4. The maximum atomic E-state index is 13.7. The van der Waals surface area contributed by atoms with Gasteiger partial charge < -0.3 is 57.9 Å². The lowest BCUT2D eigenvalue weighted by atomic mass is 10.2. The van der Waals surface area contributed by atoms with E-state index in [1.165, 1.54) is 90.0 Å². The average Bonchev–Trinajstić information content (AvgIpc) is 1.60. The SMILES string of the molecule is COc1cccc(Nc2nnc(NC3CC3)cccn[nH]2)c1.FC(F)(F)c1ccc(Nc2nnc3ccc(NC4CC4)nn23)cc1.FC(F)(F)c1cccc(Nc2nnc3ccc(NC4CC4)nn23)c1.Fc1ccc(Nc2nnc3ccc(NC4CC4)nn23)cc1.Fc1ccccc1Nc1nnc2ccc(NC3CC3)nn12. The van der Waals surface area contributed by atoms with E-state index >= 15 is 0 Å². The van der Waals surface area contributed by atoms with Gasteiger partial charge in [0.25, 0.3) is 23.8 Å². The average molecular weight is 1540 g/mol. The van der Waals surface area contributed by atoms with Gasteiger partial charge in [-0.1, -0.05) is 24.3 Å². The van der Waals surface area contributed by atoms with Gasteiger partial charge in [-0.3, -0.25) is 0 Å². The molecule has 5 saturated carbocycles. The summed E-state index contributed by atoms with van der Waals surface area (Å²) in [4.78, 5) is 0. The van der Waals surface area contributed by atoms with Crippen LogP contribution in [0.2, 0.25) is 0 Å². The van der Waals surface area contributed by atoms with Crippen LogP contribution < -0.4 is 57.9 Å². The van der Waals surface area contributed by atoms with Gasteiger partial charge in [0, 0.05) is 65.2 Å². The second-order valence-electron chi connectivity index (χ2n) is 26.3. The minimum Gasteiger partial charge on any atom is -0.497 e. The summed E-state index contributed by atoms with van der Waals surface area (Å²) < 4.78 is 114. The largest absolute Gasteiger partial charge is 0.497 e. The molecule has 0 atom stereocenters. The van der Waals surface area contributed by atoms with Crippen molar-refractivity contribution in [2.24, 2.45) is 0 Å². The number of halogens is 8. The third-order valence-electron chi connectivity index (χ3n) is 17.0. The molecule has 14 aromatic rings. The van der Waals surface area contributed by atoms with E-state index in [2.05, 4.69) is 135 Å². The number of anilines is 15. The van der Waals surface area contributed by atoms with E-state index in [1.54, 1.807) is 70.9 Å². The number of H-pyrrole nitrogens is 1. The molecule has 0 spiro atoms. The standard InChI is InChI=1S/2C15H13F3N6.C15H18N6O.2C14H13FN6/c16-15(17,18)9-1-3-11(4-2-9)20-14-22-21-13-8-7-12(23-24(13)14)19-10-5-6-10;16-15(17,18)9-2-1-3-11(8-9)20-14-22-21-13-7-6-12(23-24(13)14)19-10-4-5-10;1-22-13-5-2-4-12(10-13)18-15-20-16-9-3-6-14(19-21-15)17-11-7-8-11;15-9-1-3-11(4-2-9)17-14-19-18-13-8-7-12(20-21(13)14)16-10-5-6-10;15-10-3-1-2-4-11(10)17-14-19-18-13-8-7-12(20-21(13)14)16-9-5-6-9/h1-4,7-8,10H,5-6H2,(H,19,23)(H,20,22);1-3,6-8,10H,4-5H2,(H,19,23)(H,20,22);2-6,9-11H,7-8H2,1H3,(H,17,19)(H2,18,20,21);1-4,7-8,10H,5-6H2,(H,16,20)(H,17,19);1-4,7-9H,5-6H2,(H,16,20)(H,17,19). The first kappa shape index (κ1) is 73.6. The summed E-state index contributed by atoms with van der Waals surface area (Å²) >= 11 is 0. The van der Waals surface area contributed by atoms with Gasteiger partial charge in [-0.05, 0) is 216 Å². The number of hydrogen-bond acceptors (Lipinski definition) is 26. The Morgan fingerprint density at radius 1 is 0.357 bits per heavy atom. The Bertz CT molecular complexity index is 5600. The number of rotatable bonds is 21. The lowest BCUT2D eigenvalue weighted by Crippen LogP contribution is -2.08. The molecule has 19 rings (SSSR count). The second-order valence-corrected chi connectivity index (χ2v) is 26.3. The quantitative estimate of drug-likeness (QED) is 0.0298. The second kappa shape index (κ2) is 32.9. The van der Waals surface area contributed by atoms with Crippen molar-refractivity contribution in [1.29, 1.82) is 0 Å². The van der Waals surface area contributed by atoms with Crippen LogP contribution in [0.4, 0.5) is 122 Å². The van der Waals surface area contributed by atoms with Crippen LogP contribution in [0, 0.1) is 11.6 Å². The molecule has 0 radical (unpaired) electrons. The van der Waals surface area contributed by atoms with Gasteiger partial charge in [-0.25, -0.2) is 13.9 Å². The number of aromatic nitrogens is 20. The first-order valence-corrected chi connectivity index (χ1v) is 35.6. The summed E-state index contributed by atoms with van der Waals surface area (Å²) in [5.74, 6) is 5.72. The number of para-hydroxylation sites is 1. The van der Waals surface area contributed by atoms with Gasteiger partial charge in [0.05, 0.1) is 23.9 Å². The van der Waals surface area contributed by atoms with E-state index in [9.17, 15) is 35.1 Å². The molecule has 0 amide bonds. The van der Waals surface area contributed by atoms with Crippen molar-refractivity contribution >= 4 is 110 Å². The van der Waals surface area contributed by atoms with Gasteiger partial charge in [0.2, 0.25) is 5.95 Å².